The Balaban J connectivity index is 1.62. The maximum atomic E-state index is 12.3. The van der Waals surface area contributed by atoms with Crippen LogP contribution in [-0.2, 0) is 14.3 Å². The summed E-state index contributed by atoms with van der Waals surface area (Å²) in [6.45, 7) is 16.0. The quantitative estimate of drug-likeness (QED) is 0.391. The molecular weight excluding hydrogens is 408 g/mol. The minimum Gasteiger partial charge on any atom is -0.462 e. The van der Waals surface area contributed by atoms with Crippen molar-refractivity contribution in [3.8, 4) is 0 Å². The topological polar surface area (TPSA) is 43.4 Å². The predicted octanol–water partition coefficient (Wildman–Crippen LogP) is 7.38. The van der Waals surface area contributed by atoms with Gasteiger partial charge in [0.1, 0.15) is 6.10 Å². The lowest BCUT2D eigenvalue weighted by Crippen LogP contribution is -2.57. The number of ether oxygens (including phenoxy) is 1. The first-order chi connectivity index (χ1) is 15.5. The van der Waals surface area contributed by atoms with Crippen molar-refractivity contribution in [2.75, 3.05) is 0 Å². The fourth-order valence-electron chi connectivity index (χ4n) is 8.90. The van der Waals surface area contributed by atoms with Gasteiger partial charge < -0.3 is 4.74 Å². The van der Waals surface area contributed by atoms with Gasteiger partial charge in [-0.05, 0) is 91.4 Å². The molecule has 0 spiro atoms. The highest BCUT2D eigenvalue weighted by atomic mass is 16.5. The molecule has 3 saturated carbocycles. The normalized spacial score (nSPS) is 42.1. The van der Waals surface area contributed by atoms with Gasteiger partial charge in [-0.25, -0.2) is 0 Å². The van der Waals surface area contributed by atoms with Crippen LogP contribution >= 0.6 is 0 Å². The molecule has 0 amide bonds. The van der Waals surface area contributed by atoms with Crippen molar-refractivity contribution < 1.29 is 14.3 Å². The summed E-state index contributed by atoms with van der Waals surface area (Å²) in [5.74, 6) is 4.83. The number of allylic oxidation sites excluding steroid dienone is 1. The average Bonchev–Trinajstić information content (AvgIpc) is 3.11. The van der Waals surface area contributed by atoms with E-state index in [1.807, 2.05) is 6.08 Å². The second kappa shape index (κ2) is 9.15. The lowest BCUT2D eigenvalue weighted by Gasteiger charge is -2.60. The van der Waals surface area contributed by atoms with Crippen LogP contribution in [0.1, 0.15) is 106 Å². The van der Waals surface area contributed by atoms with Crippen LogP contribution in [0.2, 0.25) is 0 Å². The van der Waals surface area contributed by atoms with Crippen LogP contribution in [-0.4, -0.2) is 17.9 Å². The Hall–Kier alpha value is -1.12. The van der Waals surface area contributed by atoms with Gasteiger partial charge in [-0.1, -0.05) is 60.0 Å². The number of ketones is 1. The molecule has 4 aliphatic rings. The van der Waals surface area contributed by atoms with E-state index in [2.05, 4.69) is 41.5 Å². The van der Waals surface area contributed by atoms with Crippen molar-refractivity contribution in [2.45, 2.75) is 112 Å². The molecule has 0 aromatic heterocycles. The molecule has 0 radical (unpaired) electrons. The highest BCUT2D eigenvalue weighted by molar-refractivity contribution is 5.91. The van der Waals surface area contributed by atoms with Crippen molar-refractivity contribution in [3.63, 3.8) is 0 Å². The molecule has 0 bridgehead atoms. The summed E-state index contributed by atoms with van der Waals surface area (Å²) >= 11 is 0. The van der Waals surface area contributed by atoms with Gasteiger partial charge >= 0.3 is 5.97 Å². The summed E-state index contributed by atoms with van der Waals surface area (Å²) in [5, 5.41) is 0. The number of hydrogen-bond acceptors (Lipinski definition) is 3. The molecule has 9 atom stereocenters. The Morgan fingerprint density at radius 3 is 2.45 bits per heavy atom. The van der Waals surface area contributed by atoms with Gasteiger partial charge in [0.2, 0.25) is 0 Å². The largest absolute Gasteiger partial charge is 0.462 e. The molecule has 33 heavy (non-hydrogen) atoms. The molecule has 0 saturated heterocycles. The first-order valence-electron chi connectivity index (χ1n) is 13.9. The van der Waals surface area contributed by atoms with E-state index in [4.69, 9.17) is 4.74 Å². The zero-order chi connectivity index (χ0) is 24.1. The third-order valence-electron chi connectivity index (χ3n) is 11.3. The Morgan fingerprint density at radius 2 is 1.79 bits per heavy atom. The average molecular weight is 457 g/mol. The van der Waals surface area contributed by atoms with E-state index < -0.39 is 0 Å². The summed E-state index contributed by atoms with van der Waals surface area (Å²) in [6, 6.07) is 0. The smallest absolute Gasteiger partial charge is 0.302 e. The van der Waals surface area contributed by atoms with Crippen LogP contribution in [0.25, 0.3) is 0 Å². The van der Waals surface area contributed by atoms with Crippen LogP contribution in [0.3, 0.4) is 0 Å². The molecule has 0 aliphatic heterocycles. The standard InChI is InChI=1S/C30H48O3/c1-18(2)19(3)8-9-20(4)25-12-13-26-24-11-10-22-16-23(32)14-15-29(22,6)27(24)17-28(30(25,26)7)33-21(5)31/h16,18-20,24-28H,8-15,17H2,1-7H3/t19-,20+,24?,25+,26?,27?,28-,29?,30?/m0/s1. The summed E-state index contributed by atoms with van der Waals surface area (Å²) in [7, 11) is 0. The van der Waals surface area contributed by atoms with Crippen molar-refractivity contribution in [1.82, 2.24) is 0 Å². The van der Waals surface area contributed by atoms with E-state index >= 15 is 0 Å². The number of hydrogen-bond donors (Lipinski definition) is 0. The molecule has 186 valence electrons. The van der Waals surface area contributed by atoms with Gasteiger partial charge in [-0.2, -0.15) is 0 Å². The van der Waals surface area contributed by atoms with Crippen LogP contribution in [0.15, 0.2) is 11.6 Å². The van der Waals surface area contributed by atoms with Gasteiger partial charge in [0.05, 0.1) is 0 Å². The third-order valence-corrected chi connectivity index (χ3v) is 11.3. The number of rotatable bonds is 6. The van der Waals surface area contributed by atoms with Crippen LogP contribution in [0.4, 0.5) is 0 Å². The third kappa shape index (κ3) is 4.25. The number of carbonyl (C=O) groups excluding carboxylic acids is 2. The van der Waals surface area contributed by atoms with Gasteiger partial charge in [0.15, 0.2) is 5.78 Å². The maximum absolute atomic E-state index is 12.3. The van der Waals surface area contributed by atoms with E-state index in [0.29, 0.717) is 41.8 Å². The summed E-state index contributed by atoms with van der Waals surface area (Å²) in [4.78, 5) is 24.5. The number of carbonyl (C=O) groups is 2. The molecule has 4 rings (SSSR count). The summed E-state index contributed by atoms with van der Waals surface area (Å²) < 4.78 is 6.22. The number of esters is 1. The van der Waals surface area contributed by atoms with E-state index in [-0.39, 0.29) is 22.9 Å². The van der Waals surface area contributed by atoms with Crippen molar-refractivity contribution in [3.05, 3.63) is 11.6 Å². The van der Waals surface area contributed by atoms with Gasteiger partial charge in [-0.15, -0.1) is 0 Å². The molecular formula is C30H48O3. The Kier molecular flexibility index (Phi) is 6.93. The van der Waals surface area contributed by atoms with Crippen LogP contribution in [0, 0.1) is 52.3 Å². The second-order valence-electron chi connectivity index (χ2n) is 13.1. The van der Waals surface area contributed by atoms with E-state index in [9.17, 15) is 9.59 Å². The minimum absolute atomic E-state index is 0.00697. The van der Waals surface area contributed by atoms with E-state index in [1.165, 1.54) is 37.7 Å². The van der Waals surface area contributed by atoms with Crippen molar-refractivity contribution in [2.24, 2.45) is 52.3 Å². The Morgan fingerprint density at radius 1 is 1.06 bits per heavy atom. The Labute approximate surface area is 202 Å². The highest BCUT2D eigenvalue weighted by Crippen LogP contribution is 2.68. The molecule has 4 aliphatic carbocycles. The molecule has 3 heteroatoms. The summed E-state index contributed by atoms with van der Waals surface area (Å²) in [6.07, 6.45) is 12.0. The van der Waals surface area contributed by atoms with E-state index in [1.54, 1.807) is 6.92 Å². The fraction of sp³-hybridized carbons (Fsp3) is 0.867. The first-order valence-corrected chi connectivity index (χ1v) is 13.9. The predicted molar refractivity (Wildman–Crippen MR) is 134 cm³/mol. The maximum Gasteiger partial charge on any atom is 0.302 e. The van der Waals surface area contributed by atoms with Crippen LogP contribution in [0.5, 0.6) is 0 Å². The molecule has 0 N–H and O–H groups in total. The zero-order valence-corrected chi connectivity index (χ0v) is 22.3. The molecule has 5 unspecified atom stereocenters. The van der Waals surface area contributed by atoms with Gasteiger partial charge in [0, 0.05) is 18.8 Å². The first kappa shape index (κ1) is 25.0. The minimum atomic E-state index is -0.124. The van der Waals surface area contributed by atoms with Crippen molar-refractivity contribution >= 4 is 11.8 Å². The zero-order valence-electron chi connectivity index (χ0n) is 22.3. The lowest BCUT2D eigenvalue weighted by atomic mass is 9.45. The second-order valence-corrected chi connectivity index (χ2v) is 13.1. The molecule has 0 aromatic rings. The fourth-order valence-corrected chi connectivity index (χ4v) is 8.90. The van der Waals surface area contributed by atoms with Gasteiger partial charge in [-0.3, -0.25) is 9.59 Å². The molecule has 0 aromatic carbocycles. The molecule has 3 nitrogen and oxygen atoms in total. The van der Waals surface area contributed by atoms with Crippen LogP contribution < -0.4 is 0 Å². The number of fused-ring (bicyclic) bond motifs is 5. The van der Waals surface area contributed by atoms with Crippen molar-refractivity contribution in [1.29, 1.82) is 0 Å². The molecule has 3 fully saturated rings. The van der Waals surface area contributed by atoms with E-state index in [0.717, 1.165) is 31.1 Å². The summed E-state index contributed by atoms with van der Waals surface area (Å²) in [5.41, 5.74) is 1.57. The lowest BCUT2D eigenvalue weighted by molar-refractivity contribution is -0.181. The van der Waals surface area contributed by atoms with Gasteiger partial charge in [0.25, 0.3) is 0 Å². The Bertz CT molecular complexity index is 796. The SMILES string of the molecule is CC(=O)O[C@H]1CC2C(CCC3=CC(=O)CCC32C)C2CC[C@H]([C@H](C)CC[C@H](C)C(C)C)C21C. The monoisotopic (exact) mass is 456 g/mol. The molecule has 0 heterocycles. The highest BCUT2D eigenvalue weighted by Gasteiger charge is 2.64.